The molecule has 0 unspecified atom stereocenters. The maximum Gasteiger partial charge on any atom is 0.345 e. The minimum atomic E-state index is -1.20. The maximum absolute atomic E-state index is 16.1. The van der Waals surface area contributed by atoms with Gasteiger partial charge in [-0.05, 0) is 74.4 Å². The van der Waals surface area contributed by atoms with E-state index < -0.39 is 47.5 Å². The van der Waals surface area contributed by atoms with Gasteiger partial charge in [-0.2, -0.15) is 0 Å². The van der Waals surface area contributed by atoms with Crippen LogP contribution in [0.5, 0.6) is 11.5 Å². The second kappa shape index (κ2) is 15.3. The molecule has 0 saturated carbocycles. The first kappa shape index (κ1) is 37.2. The Morgan fingerprint density at radius 2 is 1.75 bits per heavy atom. The summed E-state index contributed by atoms with van der Waals surface area (Å²) in [5.41, 5.74) is 1.99. The summed E-state index contributed by atoms with van der Waals surface area (Å²) >= 11 is 0. The number of ether oxygens (including phenoxy) is 6. The predicted octanol–water partition coefficient (Wildman–Crippen LogP) is 7.75. The molecule has 4 atom stereocenters. The summed E-state index contributed by atoms with van der Waals surface area (Å²) in [6.45, 7) is 15.1. The van der Waals surface area contributed by atoms with E-state index in [1.807, 2.05) is 51.1 Å². The number of carbonyl (C=O) groups excluding carboxylic acids is 2. The number of amides is 1. The van der Waals surface area contributed by atoms with Gasteiger partial charge in [0, 0.05) is 32.1 Å². The first-order valence-electron chi connectivity index (χ1n) is 16.4. The highest BCUT2D eigenvalue weighted by Gasteiger charge is 2.47. The Hall–Kier alpha value is -3.67. The van der Waals surface area contributed by atoms with E-state index in [0.717, 1.165) is 5.56 Å². The van der Waals surface area contributed by atoms with Gasteiger partial charge in [-0.3, -0.25) is 4.79 Å². The minimum Gasteiger partial charge on any atom is -0.497 e. The number of allylic oxidation sites excluding steroid dienone is 1. The lowest BCUT2D eigenvalue weighted by atomic mass is 9.95. The number of carbonyl (C=O) groups is 2. The van der Waals surface area contributed by atoms with Crippen molar-refractivity contribution in [3.05, 3.63) is 71.1 Å². The Balaban J connectivity index is 1.66. The monoisotopic (exact) mass is 663 g/mol. The summed E-state index contributed by atoms with van der Waals surface area (Å²) in [6.07, 6.45) is 2.97. The van der Waals surface area contributed by atoms with E-state index in [9.17, 15) is 9.59 Å². The van der Waals surface area contributed by atoms with Crippen LogP contribution in [0, 0.1) is 11.8 Å². The number of methoxy groups -OCH3 is 1. The molecule has 48 heavy (non-hydrogen) atoms. The van der Waals surface area contributed by atoms with E-state index in [-0.39, 0.29) is 36.2 Å². The van der Waals surface area contributed by atoms with Crippen molar-refractivity contribution in [1.82, 2.24) is 0 Å². The molecule has 258 valence electrons. The fourth-order valence-corrected chi connectivity index (χ4v) is 5.64. The molecule has 9 nitrogen and oxygen atoms in total. The van der Waals surface area contributed by atoms with E-state index in [2.05, 4.69) is 0 Å². The highest BCUT2D eigenvalue weighted by Crippen LogP contribution is 2.39. The fraction of sp³-hybridized carbons (Fsp3) is 0.514. The van der Waals surface area contributed by atoms with Crippen LogP contribution in [0.4, 0.5) is 14.9 Å². The molecule has 0 aromatic heterocycles. The first-order chi connectivity index (χ1) is 22.5. The third-order valence-corrected chi connectivity index (χ3v) is 8.43. The average molecular weight is 664 g/mol. The number of halogens is 1. The van der Waals surface area contributed by atoms with Crippen LogP contribution in [-0.4, -0.2) is 63.2 Å². The molecule has 2 heterocycles. The van der Waals surface area contributed by atoms with Gasteiger partial charge in [0.15, 0.2) is 11.6 Å². The molecule has 0 spiro atoms. The second-order valence-corrected chi connectivity index (χ2v) is 13.4. The smallest absolute Gasteiger partial charge is 0.345 e. The Kier molecular flexibility index (Phi) is 11.8. The van der Waals surface area contributed by atoms with Crippen molar-refractivity contribution in [1.29, 1.82) is 0 Å². The van der Waals surface area contributed by atoms with Gasteiger partial charge in [0.2, 0.25) is 13.6 Å². The topological polar surface area (TPSA) is 92.8 Å². The van der Waals surface area contributed by atoms with E-state index in [1.54, 1.807) is 66.0 Å². The highest BCUT2D eigenvalue weighted by molar-refractivity contribution is 6.60. The molecule has 0 N–H and O–H groups in total. The van der Waals surface area contributed by atoms with Gasteiger partial charge in [-0.25, -0.2) is 9.18 Å². The normalized spacial score (nSPS) is 21.4. The summed E-state index contributed by atoms with van der Waals surface area (Å²) < 4.78 is 51.7. The molecule has 1 saturated heterocycles. The van der Waals surface area contributed by atoms with Crippen LogP contribution in [0.25, 0.3) is 6.08 Å². The van der Waals surface area contributed by atoms with E-state index >= 15 is 4.39 Å². The van der Waals surface area contributed by atoms with Gasteiger partial charge in [0.25, 0.3) is 0 Å². The molecule has 2 aromatic carbocycles. The maximum atomic E-state index is 16.1. The van der Waals surface area contributed by atoms with Crippen LogP contribution in [-0.2, 0) is 25.6 Å². The molecular weight excluding hydrogens is 616 g/mol. The van der Waals surface area contributed by atoms with Crippen LogP contribution in [0.15, 0.2) is 54.4 Å². The Morgan fingerprint density at radius 1 is 1.06 bits per heavy atom. The van der Waals surface area contributed by atoms with Crippen LogP contribution in [0.1, 0.15) is 83.3 Å². The quantitative estimate of drug-likeness (QED) is 0.159. The summed E-state index contributed by atoms with van der Waals surface area (Å²) in [6, 6.07) is 10.7. The van der Waals surface area contributed by atoms with Gasteiger partial charge < -0.3 is 33.3 Å². The number of cyclic esters (lactones) is 1. The Bertz CT molecular complexity index is 1520. The van der Waals surface area contributed by atoms with Crippen LogP contribution in [0.2, 0.25) is 0 Å². The molecule has 1 amide bonds. The van der Waals surface area contributed by atoms with Crippen molar-refractivity contribution < 1.29 is 42.4 Å². The number of hydrogen-bond acceptors (Lipinski definition) is 8. The number of anilines is 1. The summed E-state index contributed by atoms with van der Waals surface area (Å²) in [5.74, 6) is -2.70. The molecule has 0 bridgehead atoms. The number of rotatable bonds is 13. The van der Waals surface area contributed by atoms with Crippen LogP contribution in [0.3, 0.4) is 0 Å². The number of hydrogen-bond donors (Lipinski definition) is 0. The Morgan fingerprint density at radius 3 is 2.35 bits per heavy atom. The zero-order valence-electron chi connectivity index (χ0n) is 29.4. The van der Waals surface area contributed by atoms with Gasteiger partial charge in [0.1, 0.15) is 35.1 Å². The molecule has 2 aromatic rings. The molecule has 2 aliphatic heterocycles. The lowest BCUT2D eigenvalue weighted by molar-refractivity contribution is -0.158. The van der Waals surface area contributed by atoms with Crippen molar-refractivity contribution in [2.45, 2.75) is 98.3 Å². The second-order valence-electron chi connectivity index (χ2n) is 13.4. The van der Waals surface area contributed by atoms with Crippen molar-refractivity contribution in [2.24, 2.45) is 11.8 Å². The number of nitrogens with zero attached hydrogens (tertiary/aromatic N) is 1. The van der Waals surface area contributed by atoms with Crippen molar-refractivity contribution in [3.63, 3.8) is 0 Å². The third-order valence-electron chi connectivity index (χ3n) is 8.43. The Labute approximate surface area is 284 Å². The van der Waals surface area contributed by atoms with E-state index in [1.165, 1.54) is 4.90 Å². The molecule has 0 aliphatic carbocycles. The molecule has 11 heteroatoms. The van der Waals surface area contributed by atoms with Gasteiger partial charge in [0.05, 0.1) is 19.8 Å². The van der Waals surface area contributed by atoms with Crippen molar-refractivity contribution in [3.8, 4) is 11.5 Å². The zero-order chi connectivity index (χ0) is 35.4. The first-order valence-corrected chi connectivity index (χ1v) is 16.4. The number of esters is 1. The third kappa shape index (κ3) is 9.06. The number of fused-ring (bicyclic) bond motifs is 1. The zero-order valence-corrected chi connectivity index (χ0v) is 29.4. The van der Waals surface area contributed by atoms with Gasteiger partial charge in [-0.1, -0.05) is 45.1 Å². The SMILES string of the molecule is [B]C(=O)N(CC)c1cc(/C=C/C[C@@H]2OC(C)(C)O[C@@H]2[C@H](OCc2ccc(OC)cc2)/C(F)=C\[C@@H](C)C(C)C)c2c(c1)OC(C)(C)OC2=O. The summed E-state index contributed by atoms with van der Waals surface area (Å²) in [7, 11) is 7.23. The van der Waals surface area contributed by atoms with Crippen molar-refractivity contribution >= 4 is 31.4 Å². The fourth-order valence-electron chi connectivity index (χ4n) is 5.64. The number of benzene rings is 2. The van der Waals surface area contributed by atoms with E-state index in [4.69, 9.17) is 36.3 Å². The summed E-state index contributed by atoms with van der Waals surface area (Å²) in [4.78, 5) is 26.7. The van der Waals surface area contributed by atoms with Gasteiger partial charge >= 0.3 is 5.97 Å². The van der Waals surface area contributed by atoms with Gasteiger partial charge in [-0.15, -0.1) is 0 Å². The molecule has 4 rings (SSSR count). The molecule has 2 radical (unpaired) electrons. The molecule has 2 aliphatic rings. The van der Waals surface area contributed by atoms with Crippen LogP contribution < -0.4 is 14.4 Å². The predicted molar refractivity (Wildman–Crippen MR) is 183 cm³/mol. The highest BCUT2D eigenvalue weighted by atomic mass is 19.1. The lowest BCUT2D eigenvalue weighted by Crippen LogP contribution is -2.39. The minimum absolute atomic E-state index is 0.0424. The van der Waals surface area contributed by atoms with Crippen LogP contribution >= 0.6 is 0 Å². The molecule has 1 fully saturated rings. The largest absolute Gasteiger partial charge is 0.497 e. The standard InChI is InChI=1S/C37H47BFNO8/c1-10-40(35(38)42)26-19-25(31-30(20-26)46-37(7,8)48-34(31)41)12-11-13-29-33(47-36(5,6)45-29)32(28(39)18-23(4)22(2)3)44-21-24-14-16-27(43-9)17-15-24/h11-12,14-20,22-23,29,32-33H,10,13,21H2,1-9H3/b12-11+,28-18+/t23-,29+,32-,33+/m1/s1. The summed E-state index contributed by atoms with van der Waals surface area (Å²) in [5, 5.41) is 0. The van der Waals surface area contributed by atoms with Crippen molar-refractivity contribution in [2.75, 3.05) is 18.6 Å². The average Bonchev–Trinajstić information content (AvgIpc) is 3.30. The van der Waals surface area contributed by atoms with E-state index in [0.29, 0.717) is 23.5 Å². The molecular formula is C37H47BFNO8. The lowest BCUT2D eigenvalue weighted by Gasteiger charge is -2.33.